The molecule has 6 heteroatoms. The minimum atomic E-state index is -0.150. The van der Waals surface area contributed by atoms with Gasteiger partial charge >= 0.3 is 0 Å². The second kappa shape index (κ2) is 9.90. The Morgan fingerprint density at radius 3 is 2.32 bits per heavy atom. The number of amides is 1. The number of carbonyl (C=O) groups is 1. The Hall–Kier alpha value is -2.86. The van der Waals surface area contributed by atoms with Gasteiger partial charge in [-0.15, -0.1) is 0 Å². The number of hydrogen-bond acceptors (Lipinski definition) is 4. The van der Waals surface area contributed by atoms with Gasteiger partial charge in [0.1, 0.15) is 0 Å². The van der Waals surface area contributed by atoms with E-state index in [0.29, 0.717) is 29.4 Å². The molecule has 0 saturated heterocycles. The van der Waals surface area contributed by atoms with Crippen molar-refractivity contribution in [3.8, 4) is 0 Å². The highest BCUT2D eigenvalue weighted by atomic mass is 32.2. The van der Waals surface area contributed by atoms with Crippen LogP contribution in [0.15, 0.2) is 70.6 Å². The van der Waals surface area contributed by atoms with Crippen molar-refractivity contribution < 1.29 is 4.79 Å². The highest BCUT2D eigenvalue weighted by Gasteiger charge is 2.11. The van der Waals surface area contributed by atoms with Crippen molar-refractivity contribution in [3.05, 3.63) is 93.4 Å². The molecule has 3 rings (SSSR count). The first-order chi connectivity index (χ1) is 13.6. The largest absolute Gasteiger partial charge is 0.355 e. The van der Waals surface area contributed by atoms with E-state index in [-0.39, 0.29) is 17.2 Å². The summed E-state index contributed by atoms with van der Waals surface area (Å²) < 4.78 is 0. The fourth-order valence-electron chi connectivity index (χ4n) is 2.84. The van der Waals surface area contributed by atoms with Crippen molar-refractivity contribution in [2.45, 2.75) is 24.9 Å². The van der Waals surface area contributed by atoms with E-state index in [1.165, 1.54) is 17.3 Å². The van der Waals surface area contributed by atoms with E-state index in [2.05, 4.69) is 15.3 Å². The van der Waals surface area contributed by atoms with Gasteiger partial charge in [0.15, 0.2) is 5.16 Å². The molecule has 0 spiro atoms. The van der Waals surface area contributed by atoms with E-state index in [1.807, 2.05) is 67.6 Å². The fraction of sp³-hybridized carbons (Fsp3) is 0.227. The van der Waals surface area contributed by atoms with Gasteiger partial charge in [-0.2, -0.15) is 0 Å². The van der Waals surface area contributed by atoms with Crippen LogP contribution in [0.3, 0.4) is 0 Å². The van der Waals surface area contributed by atoms with E-state index >= 15 is 0 Å². The van der Waals surface area contributed by atoms with Crippen molar-refractivity contribution in [1.29, 1.82) is 0 Å². The first-order valence-electron chi connectivity index (χ1n) is 9.19. The summed E-state index contributed by atoms with van der Waals surface area (Å²) in [6.07, 6.45) is 1.33. The lowest BCUT2D eigenvalue weighted by Crippen LogP contribution is -2.27. The zero-order valence-corrected chi connectivity index (χ0v) is 16.6. The summed E-state index contributed by atoms with van der Waals surface area (Å²) in [6, 6.07) is 19.8. The highest BCUT2D eigenvalue weighted by Crippen LogP contribution is 2.14. The first kappa shape index (κ1) is 19.9. The van der Waals surface area contributed by atoms with Gasteiger partial charge in [0.2, 0.25) is 5.91 Å². The zero-order chi connectivity index (χ0) is 19.8. The lowest BCUT2D eigenvalue weighted by atomic mass is 10.1. The number of H-pyrrole nitrogens is 1. The summed E-state index contributed by atoms with van der Waals surface area (Å²) in [6.45, 7) is 2.42. The molecule has 0 atom stereocenters. The minimum Gasteiger partial charge on any atom is -0.355 e. The van der Waals surface area contributed by atoms with Gasteiger partial charge in [0.05, 0.1) is 5.75 Å². The second-order valence-electron chi connectivity index (χ2n) is 6.47. The van der Waals surface area contributed by atoms with Crippen molar-refractivity contribution in [3.63, 3.8) is 0 Å². The number of aryl methyl sites for hydroxylation is 1. The molecule has 1 aromatic heterocycles. The topological polar surface area (TPSA) is 74.8 Å². The lowest BCUT2D eigenvalue weighted by Gasteiger charge is -2.08. The highest BCUT2D eigenvalue weighted by molar-refractivity contribution is 7.99. The monoisotopic (exact) mass is 393 g/mol. The Morgan fingerprint density at radius 1 is 1.04 bits per heavy atom. The molecule has 0 unspecified atom stereocenters. The third-order valence-corrected chi connectivity index (χ3v) is 5.22. The standard InChI is InChI=1S/C22H23N3O2S/c1-16-19(14-18-10-6-3-7-11-18)21(27)25-22(24-16)28-15-20(26)23-13-12-17-8-4-2-5-9-17/h2-11H,12-15H2,1H3,(H,23,26)(H,24,25,27). The molecule has 2 aromatic carbocycles. The van der Waals surface area contributed by atoms with Crippen LogP contribution in [0.25, 0.3) is 0 Å². The number of nitrogens with zero attached hydrogens (tertiary/aromatic N) is 1. The van der Waals surface area contributed by atoms with Crippen molar-refractivity contribution >= 4 is 17.7 Å². The van der Waals surface area contributed by atoms with Crippen LogP contribution < -0.4 is 10.9 Å². The van der Waals surface area contributed by atoms with Crippen molar-refractivity contribution in [1.82, 2.24) is 15.3 Å². The van der Waals surface area contributed by atoms with Crippen molar-refractivity contribution in [2.24, 2.45) is 0 Å². The quantitative estimate of drug-likeness (QED) is 0.455. The van der Waals surface area contributed by atoms with Crippen LogP contribution in [0, 0.1) is 6.92 Å². The Bertz CT molecular complexity index is 972. The minimum absolute atomic E-state index is 0.0744. The first-order valence-corrected chi connectivity index (χ1v) is 10.2. The summed E-state index contributed by atoms with van der Waals surface area (Å²) >= 11 is 1.24. The summed E-state index contributed by atoms with van der Waals surface area (Å²) in [5.41, 5.74) is 3.45. The fourth-order valence-corrected chi connectivity index (χ4v) is 3.57. The molecule has 1 amide bonds. The number of nitrogens with one attached hydrogen (secondary N) is 2. The molecule has 0 fully saturated rings. The molecule has 0 aliphatic heterocycles. The summed E-state index contributed by atoms with van der Waals surface area (Å²) in [5, 5.41) is 3.37. The molecule has 0 aliphatic rings. The maximum absolute atomic E-state index is 12.4. The average molecular weight is 394 g/mol. The van der Waals surface area contributed by atoms with Gasteiger partial charge in [-0.3, -0.25) is 9.59 Å². The van der Waals surface area contributed by atoms with Gasteiger partial charge in [-0.1, -0.05) is 72.4 Å². The summed E-state index contributed by atoms with van der Waals surface area (Å²) in [4.78, 5) is 31.7. The van der Waals surface area contributed by atoms with E-state index < -0.39 is 0 Å². The van der Waals surface area contributed by atoms with Gasteiger partial charge in [-0.05, 0) is 24.5 Å². The number of carbonyl (C=O) groups excluding carboxylic acids is 1. The van der Waals surface area contributed by atoms with Crippen LogP contribution in [0.5, 0.6) is 0 Å². The van der Waals surface area contributed by atoms with Gasteiger partial charge in [0, 0.05) is 24.2 Å². The third kappa shape index (κ3) is 5.82. The lowest BCUT2D eigenvalue weighted by molar-refractivity contribution is -0.118. The Balaban J connectivity index is 1.51. The number of thioether (sulfide) groups is 1. The van der Waals surface area contributed by atoms with E-state index in [9.17, 15) is 9.59 Å². The molecular weight excluding hydrogens is 370 g/mol. The van der Waals surface area contributed by atoms with E-state index in [0.717, 1.165) is 12.0 Å². The number of hydrogen-bond donors (Lipinski definition) is 2. The predicted octanol–water partition coefficient (Wildman–Crippen LogP) is 3.12. The Labute approximate surface area is 168 Å². The molecule has 0 aliphatic carbocycles. The number of aromatic amines is 1. The van der Waals surface area contributed by atoms with Crippen LogP contribution in [-0.4, -0.2) is 28.2 Å². The molecule has 0 bridgehead atoms. The van der Waals surface area contributed by atoms with E-state index in [4.69, 9.17) is 0 Å². The van der Waals surface area contributed by atoms with Crippen molar-refractivity contribution in [2.75, 3.05) is 12.3 Å². The SMILES string of the molecule is Cc1nc(SCC(=O)NCCc2ccccc2)[nH]c(=O)c1Cc1ccccc1. The molecule has 3 aromatic rings. The number of benzene rings is 2. The molecule has 0 saturated carbocycles. The predicted molar refractivity (Wildman–Crippen MR) is 113 cm³/mol. The molecule has 2 N–H and O–H groups in total. The molecular formula is C22H23N3O2S. The van der Waals surface area contributed by atoms with Gasteiger partial charge < -0.3 is 10.3 Å². The van der Waals surface area contributed by atoms with Crippen LogP contribution in [0.1, 0.15) is 22.4 Å². The second-order valence-corrected chi connectivity index (χ2v) is 7.44. The van der Waals surface area contributed by atoms with Crippen LogP contribution in [0.2, 0.25) is 0 Å². The van der Waals surface area contributed by atoms with Gasteiger partial charge in [0.25, 0.3) is 5.56 Å². The zero-order valence-electron chi connectivity index (χ0n) is 15.8. The summed E-state index contributed by atoms with van der Waals surface area (Å²) in [5.74, 6) is 0.143. The Kier molecular flexibility index (Phi) is 7.03. The number of aromatic nitrogens is 2. The van der Waals surface area contributed by atoms with Gasteiger partial charge in [-0.25, -0.2) is 4.98 Å². The van der Waals surface area contributed by atoms with Crippen LogP contribution >= 0.6 is 11.8 Å². The average Bonchev–Trinajstić information content (AvgIpc) is 2.71. The molecule has 5 nitrogen and oxygen atoms in total. The van der Waals surface area contributed by atoms with Crippen LogP contribution in [-0.2, 0) is 17.6 Å². The molecule has 28 heavy (non-hydrogen) atoms. The molecule has 1 heterocycles. The van der Waals surface area contributed by atoms with E-state index in [1.54, 1.807) is 0 Å². The molecule has 144 valence electrons. The molecule has 0 radical (unpaired) electrons. The Morgan fingerprint density at radius 2 is 1.68 bits per heavy atom. The smallest absolute Gasteiger partial charge is 0.255 e. The summed E-state index contributed by atoms with van der Waals surface area (Å²) in [7, 11) is 0. The maximum atomic E-state index is 12.4. The van der Waals surface area contributed by atoms with Crippen LogP contribution in [0.4, 0.5) is 0 Å². The normalized spacial score (nSPS) is 10.6. The number of rotatable bonds is 8. The maximum Gasteiger partial charge on any atom is 0.255 e. The third-order valence-electron chi connectivity index (χ3n) is 4.34.